The van der Waals surface area contributed by atoms with Gasteiger partial charge in [-0.25, -0.2) is 0 Å². The standard InChI is InChI=1S/C12H18N2/c13-9-11-5-4-6-12(11)10-14-7-2-1-3-8-14/h5,12H,1-4,6-8,10H2. The van der Waals surface area contributed by atoms with Gasteiger partial charge in [0.2, 0.25) is 0 Å². The molecule has 2 aliphatic rings. The van der Waals surface area contributed by atoms with E-state index >= 15 is 0 Å². The van der Waals surface area contributed by atoms with Crippen LogP contribution in [0.25, 0.3) is 0 Å². The van der Waals surface area contributed by atoms with Crippen molar-refractivity contribution in [2.45, 2.75) is 32.1 Å². The van der Waals surface area contributed by atoms with E-state index in [4.69, 9.17) is 5.26 Å². The fraction of sp³-hybridized carbons (Fsp3) is 0.750. The van der Waals surface area contributed by atoms with E-state index in [2.05, 4.69) is 17.0 Å². The number of piperidine rings is 1. The Kier molecular flexibility index (Phi) is 3.21. The fourth-order valence-corrected chi connectivity index (χ4v) is 2.54. The lowest BCUT2D eigenvalue weighted by Gasteiger charge is -2.29. The van der Waals surface area contributed by atoms with E-state index in [1.807, 2.05) is 0 Å². The van der Waals surface area contributed by atoms with Crippen LogP contribution < -0.4 is 0 Å². The van der Waals surface area contributed by atoms with Crippen LogP contribution in [0.4, 0.5) is 0 Å². The summed E-state index contributed by atoms with van der Waals surface area (Å²) in [4.78, 5) is 2.53. The zero-order valence-electron chi connectivity index (χ0n) is 8.71. The Morgan fingerprint density at radius 3 is 2.86 bits per heavy atom. The van der Waals surface area contributed by atoms with E-state index in [9.17, 15) is 0 Å². The van der Waals surface area contributed by atoms with Gasteiger partial charge in [0.15, 0.2) is 0 Å². The molecule has 2 nitrogen and oxygen atoms in total. The van der Waals surface area contributed by atoms with Crippen molar-refractivity contribution < 1.29 is 0 Å². The van der Waals surface area contributed by atoms with Gasteiger partial charge >= 0.3 is 0 Å². The highest BCUT2D eigenvalue weighted by atomic mass is 15.1. The van der Waals surface area contributed by atoms with Gasteiger partial charge < -0.3 is 4.90 Å². The summed E-state index contributed by atoms with van der Waals surface area (Å²) >= 11 is 0. The zero-order valence-corrected chi connectivity index (χ0v) is 8.71. The molecule has 0 amide bonds. The molecule has 0 aromatic carbocycles. The first-order valence-electron chi connectivity index (χ1n) is 5.72. The highest BCUT2D eigenvalue weighted by Crippen LogP contribution is 2.26. The maximum Gasteiger partial charge on any atom is 0.0947 e. The summed E-state index contributed by atoms with van der Waals surface area (Å²) < 4.78 is 0. The van der Waals surface area contributed by atoms with E-state index in [-0.39, 0.29) is 0 Å². The maximum atomic E-state index is 8.93. The van der Waals surface area contributed by atoms with Crippen molar-refractivity contribution >= 4 is 0 Å². The van der Waals surface area contributed by atoms with Crippen LogP contribution in [-0.2, 0) is 0 Å². The molecule has 0 saturated carbocycles. The Hall–Kier alpha value is -0.810. The van der Waals surface area contributed by atoms with Gasteiger partial charge in [-0.1, -0.05) is 12.5 Å². The average molecular weight is 190 g/mol. The summed E-state index contributed by atoms with van der Waals surface area (Å²) in [7, 11) is 0. The van der Waals surface area contributed by atoms with Crippen LogP contribution in [0.1, 0.15) is 32.1 Å². The van der Waals surface area contributed by atoms with E-state index in [0.29, 0.717) is 5.92 Å². The SMILES string of the molecule is N#CC1=CCCC1CN1CCCCC1. The first-order valence-corrected chi connectivity index (χ1v) is 5.72. The van der Waals surface area contributed by atoms with E-state index < -0.39 is 0 Å². The number of hydrogen-bond acceptors (Lipinski definition) is 2. The third-order valence-electron chi connectivity index (χ3n) is 3.38. The lowest BCUT2D eigenvalue weighted by Crippen LogP contribution is -2.34. The molecule has 1 unspecified atom stereocenters. The quantitative estimate of drug-likeness (QED) is 0.668. The molecule has 0 spiro atoms. The Balaban J connectivity index is 1.85. The maximum absolute atomic E-state index is 8.93. The zero-order chi connectivity index (χ0) is 9.80. The van der Waals surface area contributed by atoms with Crippen molar-refractivity contribution in [2.75, 3.05) is 19.6 Å². The van der Waals surface area contributed by atoms with Gasteiger partial charge in [0.1, 0.15) is 0 Å². The van der Waals surface area contributed by atoms with Crippen molar-refractivity contribution in [3.8, 4) is 6.07 Å². The van der Waals surface area contributed by atoms with Crippen LogP contribution in [0.15, 0.2) is 11.6 Å². The lowest BCUT2D eigenvalue weighted by atomic mass is 10.0. The second-order valence-corrected chi connectivity index (χ2v) is 4.41. The average Bonchev–Trinajstić information content (AvgIpc) is 2.67. The van der Waals surface area contributed by atoms with E-state index in [1.165, 1.54) is 38.8 Å². The van der Waals surface area contributed by atoms with Crippen LogP contribution in [0.5, 0.6) is 0 Å². The second kappa shape index (κ2) is 4.61. The Labute approximate surface area is 86.2 Å². The summed E-state index contributed by atoms with van der Waals surface area (Å²) in [5, 5.41) is 8.93. The molecule has 14 heavy (non-hydrogen) atoms. The lowest BCUT2D eigenvalue weighted by molar-refractivity contribution is 0.206. The number of nitriles is 1. The molecular formula is C12H18N2. The summed E-state index contributed by atoms with van der Waals surface area (Å²) in [6, 6.07) is 2.34. The topological polar surface area (TPSA) is 27.0 Å². The van der Waals surface area contributed by atoms with Gasteiger partial charge in [-0.3, -0.25) is 0 Å². The minimum atomic E-state index is 0.540. The molecule has 1 fully saturated rings. The van der Waals surface area contributed by atoms with E-state index in [1.54, 1.807) is 0 Å². The first kappa shape index (κ1) is 9.73. The predicted molar refractivity (Wildman–Crippen MR) is 56.7 cm³/mol. The Bertz CT molecular complexity index is 256. The molecule has 1 atom stereocenters. The summed E-state index contributed by atoms with van der Waals surface area (Å²) in [5.74, 6) is 0.540. The monoisotopic (exact) mass is 190 g/mol. The van der Waals surface area contributed by atoms with Gasteiger partial charge in [0.25, 0.3) is 0 Å². The Morgan fingerprint density at radius 1 is 1.36 bits per heavy atom. The second-order valence-electron chi connectivity index (χ2n) is 4.41. The van der Waals surface area contributed by atoms with Crippen LogP contribution >= 0.6 is 0 Å². The van der Waals surface area contributed by atoms with Crippen molar-refractivity contribution in [1.29, 1.82) is 5.26 Å². The van der Waals surface area contributed by atoms with Crippen molar-refractivity contribution in [2.24, 2.45) is 5.92 Å². The molecule has 1 aliphatic carbocycles. The fourth-order valence-electron chi connectivity index (χ4n) is 2.54. The van der Waals surface area contributed by atoms with Gasteiger partial charge in [-0.2, -0.15) is 5.26 Å². The largest absolute Gasteiger partial charge is 0.303 e. The Morgan fingerprint density at radius 2 is 2.14 bits per heavy atom. The molecule has 1 saturated heterocycles. The minimum Gasteiger partial charge on any atom is -0.303 e. The van der Waals surface area contributed by atoms with Crippen molar-refractivity contribution in [3.05, 3.63) is 11.6 Å². The third kappa shape index (κ3) is 2.16. The molecule has 1 aliphatic heterocycles. The van der Waals surface area contributed by atoms with Gasteiger partial charge in [0.05, 0.1) is 6.07 Å². The first-order chi connectivity index (χ1) is 6.90. The van der Waals surface area contributed by atoms with Crippen LogP contribution in [0.3, 0.4) is 0 Å². The highest BCUT2D eigenvalue weighted by Gasteiger charge is 2.22. The molecule has 0 aromatic rings. The molecular weight excluding hydrogens is 172 g/mol. The highest BCUT2D eigenvalue weighted by molar-refractivity contribution is 5.27. The van der Waals surface area contributed by atoms with Crippen LogP contribution in [0.2, 0.25) is 0 Å². The molecule has 76 valence electrons. The molecule has 0 radical (unpaired) electrons. The number of likely N-dealkylation sites (tertiary alicyclic amines) is 1. The molecule has 0 N–H and O–H groups in total. The molecule has 1 heterocycles. The van der Waals surface area contributed by atoms with Gasteiger partial charge in [-0.05, 0) is 38.8 Å². The van der Waals surface area contributed by atoms with Crippen LogP contribution in [0, 0.1) is 17.2 Å². The minimum absolute atomic E-state index is 0.540. The molecule has 2 rings (SSSR count). The molecule has 0 bridgehead atoms. The summed E-state index contributed by atoms with van der Waals surface area (Å²) in [6.07, 6.45) is 8.51. The predicted octanol–water partition coefficient (Wildman–Crippen LogP) is 2.33. The normalized spacial score (nSPS) is 28.5. The number of rotatable bonds is 2. The summed E-state index contributed by atoms with van der Waals surface area (Å²) in [6.45, 7) is 3.61. The number of hydrogen-bond donors (Lipinski definition) is 0. The molecule has 0 aromatic heterocycles. The van der Waals surface area contributed by atoms with Gasteiger partial charge in [0, 0.05) is 18.0 Å². The van der Waals surface area contributed by atoms with Gasteiger partial charge in [-0.15, -0.1) is 0 Å². The van der Waals surface area contributed by atoms with Crippen LogP contribution in [-0.4, -0.2) is 24.5 Å². The van der Waals surface area contributed by atoms with E-state index in [0.717, 1.165) is 18.5 Å². The van der Waals surface area contributed by atoms with Crippen molar-refractivity contribution in [3.63, 3.8) is 0 Å². The van der Waals surface area contributed by atoms with Crippen molar-refractivity contribution in [1.82, 2.24) is 4.90 Å². The number of nitrogens with zero attached hydrogens (tertiary/aromatic N) is 2. The smallest absolute Gasteiger partial charge is 0.0947 e. The third-order valence-corrected chi connectivity index (χ3v) is 3.38. The number of allylic oxidation sites excluding steroid dienone is 1. The summed E-state index contributed by atoms with van der Waals surface area (Å²) in [5.41, 5.74) is 1.04. The molecule has 2 heteroatoms.